The lowest BCUT2D eigenvalue weighted by atomic mass is 10.2. The summed E-state index contributed by atoms with van der Waals surface area (Å²) in [6, 6.07) is 4.80. The third-order valence-corrected chi connectivity index (χ3v) is 4.31. The number of amidine groups is 1. The van der Waals surface area contributed by atoms with Crippen molar-refractivity contribution in [1.29, 1.82) is 0 Å². The lowest BCUT2D eigenvalue weighted by Gasteiger charge is -2.13. The van der Waals surface area contributed by atoms with E-state index in [1.807, 2.05) is 13.8 Å². The second kappa shape index (κ2) is 6.25. The van der Waals surface area contributed by atoms with Crippen LogP contribution in [0.15, 0.2) is 27.8 Å². The van der Waals surface area contributed by atoms with E-state index in [-0.39, 0.29) is 23.2 Å². The van der Waals surface area contributed by atoms with E-state index in [0.717, 1.165) is 0 Å². The minimum absolute atomic E-state index is 0.00282. The van der Waals surface area contributed by atoms with Gasteiger partial charge in [-0.1, -0.05) is 34.9 Å². The molecule has 0 heterocycles. The Kier molecular flexibility index (Phi) is 5.19. The van der Waals surface area contributed by atoms with Crippen molar-refractivity contribution in [3.8, 4) is 0 Å². The summed E-state index contributed by atoms with van der Waals surface area (Å²) in [5.74, 6) is -0.165. The maximum absolute atomic E-state index is 11.9. The molecule has 1 rings (SSSR count). The standard InChI is InChI=1S/C11H16BrN3O3S/c1-7(2)6-19(17,18)15-10-5-8(12)3-4-9(10)11(13)14-16/h3-5,7,15-16H,6H2,1-2H3,(H2,13,14). The number of oxime groups is 1. The quantitative estimate of drug-likeness (QED) is 0.327. The molecule has 1 aromatic carbocycles. The fraction of sp³-hybridized carbons (Fsp3) is 0.364. The Morgan fingerprint density at radius 1 is 1.53 bits per heavy atom. The van der Waals surface area contributed by atoms with Crippen LogP contribution in [0.25, 0.3) is 0 Å². The van der Waals surface area contributed by atoms with E-state index in [9.17, 15) is 8.42 Å². The van der Waals surface area contributed by atoms with Gasteiger partial charge in [-0.25, -0.2) is 8.42 Å². The number of anilines is 1. The smallest absolute Gasteiger partial charge is 0.232 e. The minimum Gasteiger partial charge on any atom is -0.409 e. The first-order valence-electron chi connectivity index (χ1n) is 5.53. The molecule has 106 valence electrons. The lowest BCUT2D eigenvalue weighted by molar-refractivity contribution is 0.318. The van der Waals surface area contributed by atoms with Gasteiger partial charge in [0.2, 0.25) is 10.0 Å². The van der Waals surface area contributed by atoms with Crippen LogP contribution in [0.3, 0.4) is 0 Å². The summed E-state index contributed by atoms with van der Waals surface area (Å²) in [4.78, 5) is 0. The Hall–Kier alpha value is -1.28. The van der Waals surface area contributed by atoms with Gasteiger partial charge in [0.05, 0.1) is 11.4 Å². The maximum Gasteiger partial charge on any atom is 0.232 e. The fourth-order valence-electron chi connectivity index (χ4n) is 1.53. The van der Waals surface area contributed by atoms with Gasteiger partial charge in [0.15, 0.2) is 5.84 Å². The first-order valence-corrected chi connectivity index (χ1v) is 7.97. The molecule has 0 aliphatic carbocycles. The number of hydrogen-bond donors (Lipinski definition) is 3. The van der Waals surface area contributed by atoms with Crippen molar-refractivity contribution in [3.63, 3.8) is 0 Å². The molecule has 0 saturated carbocycles. The molecule has 4 N–H and O–H groups in total. The van der Waals surface area contributed by atoms with E-state index < -0.39 is 10.0 Å². The summed E-state index contributed by atoms with van der Waals surface area (Å²) in [5.41, 5.74) is 6.10. The summed E-state index contributed by atoms with van der Waals surface area (Å²) in [6.45, 7) is 3.62. The van der Waals surface area contributed by atoms with Gasteiger partial charge in [-0.05, 0) is 24.1 Å². The van der Waals surface area contributed by atoms with Crippen molar-refractivity contribution in [1.82, 2.24) is 0 Å². The van der Waals surface area contributed by atoms with Gasteiger partial charge in [-0.15, -0.1) is 0 Å². The van der Waals surface area contributed by atoms with Gasteiger partial charge in [0, 0.05) is 10.0 Å². The van der Waals surface area contributed by atoms with Crippen LogP contribution in [-0.2, 0) is 10.0 Å². The highest BCUT2D eigenvalue weighted by Crippen LogP contribution is 2.23. The average Bonchev–Trinajstić information content (AvgIpc) is 2.25. The fourth-order valence-corrected chi connectivity index (χ4v) is 3.35. The molecular weight excluding hydrogens is 334 g/mol. The first kappa shape index (κ1) is 15.8. The van der Waals surface area contributed by atoms with Gasteiger partial charge >= 0.3 is 0 Å². The Balaban J connectivity index is 3.16. The highest BCUT2D eigenvalue weighted by atomic mass is 79.9. The van der Waals surface area contributed by atoms with Crippen molar-refractivity contribution in [2.24, 2.45) is 16.8 Å². The number of hydrogen-bond acceptors (Lipinski definition) is 4. The molecule has 1 aromatic rings. The zero-order valence-corrected chi connectivity index (χ0v) is 13.0. The van der Waals surface area contributed by atoms with Crippen molar-refractivity contribution < 1.29 is 13.6 Å². The van der Waals surface area contributed by atoms with Crippen LogP contribution in [0.5, 0.6) is 0 Å². The van der Waals surface area contributed by atoms with Crippen molar-refractivity contribution in [3.05, 3.63) is 28.2 Å². The minimum atomic E-state index is -3.48. The van der Waals surface area contributed by atoms with Crippen LogP contribution in [0.1, 0.15) is 19.4 Å². The molecular formula is C11H16BrN3O3S. The monoisotopic (exact) mass is 349 g/mol. The molecule has 0 aliphatic rings. The normalized spacial score (nSPS) is 12.7. The number of benzene rings is 1. The summed E-state index contributed by atoms with van der Waals surface area (Å²) >= 11 is 3.25. The van der Waals surface area contributed by atoms with Crippen molar-refractivity contribution >= 4 is 37.5 Å². The van der Waals surface area contributed by atoms with E-state index in [4.69, 9.17) is 10.9 Å². The molecule has 0 saturated heterocycles. The molecule has 0 atom stereocenters. The molecule has 19 heavy (non-hydrogen) atoms. The number of rotatable bonds is 5. The third kappa shape index (κ3) is 4.71. The number of nitrogens with zero attached hydrogens (tertiary/aromatic N) is 1. The molecule has 0 aliphatic heterocycles. The summed E-state index contributed by atoms with van der Waals surface area (Å²) < 4.78 is 27.0. The third-order valence-electron chi connectivity index (χ3n) is 2.18. The molecule has 0 radical (unpaired) electrons. The predicted octanol–water partition coefficient (Wildman–Crippen LogP) is 1.94. The van der Waals surface area contributed by atoms with Crippen LogP contribution in [0.2, 0.25) is 0 Å². The van der Waals surface area contributed by atoms with Crippen LogP contribution in [0.4, 0.5) is 5.69 Å². The number of sulfonamides is 1. The SMILES string of the molecule is CC(C)CS(=O)(=O)Nc1cc(Br)ccc1/C(N)=N/O. The molecule has 8 heteroatoms. The number of nitrogens with two attached hydrogens (primary N) is 1. The second-order valence-corrected chi connectivity index (χ2v) is 7.14. The van der Waals surface area contributed by atoms with E-state index in [1.165, 1.54) is 0 Å². The molecule has 0 amide bonds. The van der Waals surface area contributed by atoms with Crippen LogP contribution in [0, 0.1) is 5.92 Å². The van der Waals surface area contributed by atoms with Crippen molar-refractivity contribution in [2.45, 2.75) is 13.8 Å². The highest BCUT2D eigenvalue weighted by molar-refractivity contribution is 9.10. The van der Waals surface area contributed by atoms with Gasteiger partial charge in [0.1, 0.15) is 0 Å². The zero-order chi connectivity index (χ0) is 14.6. The number of nitrogens with one attached hydrogen (secondary N) is 1. The molecule has 0 spiro atoms. The van der Waals surface area contributed by atoms with Gasteiger partial charge < -0.3 is 10.9 Å². The Morgan fingerprint density at radius 3 is 2.68 bits per heavy atom. The summed E-state index contributed by atoms with van der Waals surface area (Å²) in [5, 5.41) is 11.6. The molecule has 6 nitrogen and oxygen atoms in total. The predicted molar refractivity (Wildman–Crippen MR) is 78.9 cm³/mol. The number of halogens is 1. The summed E-state index contributed by atoms with van der Waals surface area (Å²) in [6.07, 6.45) is 0. The topological polar surface area (TPSA) is 105 Å². The maximum atomic E-state index is 11.9. The van der Waals surface area contributed by atoms with E-state index >= 15 is 0 Å². The Bertz CT molecular complexity index is 585. The van der Waals surface area contributed by atoms with Gasteiger partial charge in [-0.3, -0.25) is 4.72 Å². The van der Waals surface area contributed by atoms with Gasteiger partial charge in [-0.2, -0.15) is 0 Å². The zero-order valence-electron chi connectivity index (χ0n) is 10.6. The van der Waals surface area contributed by atoms with E-state index in [0.29, 0.717) is 10.0 Å². The second-order valence-electron chi connectivity index (χ2n) is 4.45. The molecule has 0 fully saturated rings. The highest BCUT2D eigenvalue weighted by Gasteiger charge is 2.16. The van der Waals surface area contributed by atoms with E-state index in [1.54, 1.807) is 18.2 Å². The van der Waals surface area contributed by atoms with Crippen molar-refractivity contribution in [2.75, 3.05) is 10.5 Å². The average molecular weight is 350 g/mol. The largest absolute Gasteiger partial charge is 0.409 e. The Morgan fingerprint density at radius 2 is 2.16 bits per heavy atom. The van der Waals surface area contributed by atoms with Crippen LogP contribution >= 0.6 is 15.9 Å². The lowest BCUT2D eigenvalue weighted by Crippen LogP contribution is -2.23. The van der Waals surface area contributed by atoms with Crippen LogP contribution < -0.4 is 10.5 Å². The van der Waals surface area contributed by atoms with E-state index in [2.05, 4.69) is 25.8 Å². The Labute approximate surface area is 120 Å². The molecule has 0 aromatic heterocycles. The summed E-state index contributed by atoms with van der Waals surface area (Å²) in [7, 11) is -3.48. The molecule has 0 unspecified atom stereocenters. The van der Waals surface area contributed by atoms with Gasteiger partial charge in [0.25, 0.3) is 0 Å². The van der Waals surface area contributed by atoms with Crippen LogP contribution in [-0.4, -0.2) is 25.2 Å². The molecule has 0 bridgehead atoms. The first-order chi connectivity index (χ1) is 8.75.